The number of carbonyl (C=O) groups is 2. The highest BCUT2D eigenvalue weighted by atomic mass is 31.2. The summed E-state index contributed by atoms with van der Waals surface area (Å²) in [6.07, 6.45) is 60.7. The number of phosphoric acid groups is 1. The predicted octanol–water partition coefficient (Wildman–Crippen LogP) is 22.4. The van der Waals surface area contributed by atoms with Crippen molar-refractivity contribution in [2.75, 3.05) is 32.9 Å². The fourth-order valence-corrected chi connectivity index (χ4v) is 13.6. The molecule has 3 atom stereocenters. The molecule has 2 aliphatic carbocycles. The van der Waals surface area contributed by atoms with Crippen LogP contribution in [0, 0.1) is 16.7 Å². The van der Waals surface area contributed by atoms with Gasteiger partial charge in [-0.3, -0.25) is 18.6 Å². The number of ether oxygens (including phenoxy) is 2. The molecule has 0 aromatic rings. The Hall–Kier alpha value is -3.69. The molecule has 11 heteroatoms. The smallest absolute Gasteiger partial charge is 0.462 e. The molecule has 0 aromatic carbocycles. The standard InChI is InChI=1S/C77H131N2O8P/c1-12-14-16-18-20-22-24-26-28-30-32-34-36-48-73(80)84-61-69(87-74(81)49-37-35-33-31-29-27-25-23-21-19-17-15-13-2)62-86-88(82,83)85-59-58-79-57-54-68(47-39-43-64(4)51-53-71-67(7)46-41-56-77(71,10)11)75(78)72(79)60-65(5)44-38-42-63(3)50-52-70-66(6)45-40-55-76(70,8)9/h38,43-44,50-54,60,63,69H,12-37,39-42,45-49,55-59,61-62,78H2,1-11H3,(H,82,83)/b44-38+,52-50+,53-51+,64-43+,65-60+. The van der Waals surface area contributed by atoms with E-state index in [9.17, 15) is 19.0 Å². The van der Waals surface area contributed by atoms with Gasteiger partial charge >= 0.3 is 19.8 Å². The van der Waals surface area contributed by atoms with E-state index in [1.165, 1.54) is 188 Å². The van der Waals surface area contributed by atoms with Crippen molar-refractivity contribution in [1.82, 2.24) is 4.90 Å². The van der Waals surface area contributed by atoms with Crippen LogP contribution < -0.4 is 5.73 Å². The molecule has 1 aliphatic heterocycles. The van der Waals surface area contributed by atoms with Crippen LogP contribution in [0.15, 0.2) is 105 Å². The van der Waals surface area contributed by atoms with Crippen molar-refractivity contribution >= 4 is 19.8 Å². The lowest BCUT2D eigenvalue weighted by Crippen LogP contribution is -2.32. The first-order valence-electron chi connectivity index (χ1n) is 35.9. The normalized spacial score (nSPS) is 18.3. The van der Waals surface area contributed by atoms with E-state index in [0.717, 1.165) is 74.6 Å². The SMILES string of the molecule is CCCCCCCCCCCCCCCC(=O)OCC(COP(=O)(O)OCCN1CC=C(CC/C=C(C)/C=C/C2=C(C)CCCC2(C)C)C(N)=C1/C=C(C)/C=C/CC(C)/C=C/C1=C(C)CCCC1(C)C)OC(=O)CCCCCCCCCCCCCCC. The summed E-state index contributed by atoms with van der Waals surface area (Å²) in [6, 6.07) is 0. The van der Waals surface area contributed by atoms with E-state index < -0.39 is 26.5 Å². The average Bonchev–Trinajstić information content (AvgIpc) is 3.64. The number of carbonyl (C=O) groups excluding carboxylic acids is 2. The molecule has 0 spiro atoms. The van der Waals surface area contributed by atoms with Gasteiger partial charge in [-0.25, -0.2) is 4.57 Å². The van der Waals surface area contributed by atoms with Crippen LogP contribution >= 0.6 is 7.82 Å². The summed E-state index contributed by atoms with van der Waals surface area (Å²) in [7, 11) is -4.65. The Morgan fingerprint density at radius 2 is 1.16 bits per heavy atom. The van der Waals surface area contributed by atoms with Crippen LogP contribution in [0.3, 0.4) is 0 Å². The van der Waals surface area contributed by atoms with Gasteiger partial charge in [0.25, 0.3) is 0 Å². The highest BCUT2D eigenvalue weighted by Gasteiger charge is 2.30. The van der Waals surface area contributed by atoms with E-state index in [2.05, 4.69) is 136 Å². The Labute approximate surface area is 539 Å². The number of hydrogen-bond donors (Lipinski definition) is 2. The fourth-order valence-electron chi connectivity index (χ4n) is 12.9. The maximum Gasteiger partial charge on any atom is 0.472 e. The minimum Gasteiger partial charge on any atom is -0.462 e. The number of phosphoric ester groups is 1. The second-order valence-electron chi connectivity index (χ2n) is 27.9. The molecular formula is C77H131N2O8P. The van der Waals surface area contributed by atoms with Crippen LogP contribution in [0.1, 0.15) is 314 Å². The summed E-state index contributed by atoms with van der Waals surface area (Å²) in [5.41, 5.74) is 18.3. The molecule has 502 valence electrons. The summed E-state index contributed by atoms with van der Waals surface area (Å²) in [6.45, 7) is 25.0. The minimum atomic E-state index is -4.65. The largest absolute Gasteiger partial charge is 0.472 e. The van der Waals surface area contributed by atoms with Crippen molar-refractivity contribution in [3.63, 3.8) is 0 Å². The Balaban J connectivity index is 1.64. The predicted molar refractivity (Wildman–Crippen MR) is 373 cm³/mol. The molecule has 3 aliphatic rings. The maximum atomic E-state index is 13.6. The highest BCUT2D eigenvalue weighted by molar-refractivity contribution is 7.47. The number of hydrogen-bond acceptors (Lipinski definition) is 9. The van der Waals surface area contributed by atoms with Crippen LogP contribution in [-0.4, -0.2) is 60.7 Å². The number of nitrogens with zero attached hydrogens (tertiary/aromatic N) is 1. The molecule has 3 rings (SSSR count). The van der Waals surface area contributed by atoms with Crippen molar-refractivity contribution in [2.45, 2.75) is 320 Å². The second-order valence-corrected chi connectivity index (χ2v) is 29.4. The van der Waals surface area contributed by atoms with E-state index in [-0.39, 0.29) is 49.4 Å². The Morgan fingerprint density at radius 1 is 0.670 bits per heavy atom. The van der Waals surface area contributed by atoms with Gasteiger partial charge in [0, 0.05) is 25.9 Å². The topological polar surface area (TPSA) is 138 Å². The summed E-state index contributed by atoms with van der Waals surface area (Å²) < 4.78 is 36.1. The van der Waals surface area contributed by atoms with Gasteiger partial charge in [-0.2, -0.15) is 0 Å². The van der Waals surface area contributed by atoms with Gasteiger partial charge in [-0.15, -0.1) is 0 Å². The van der Waals surface area contributed by atoms with Crippen LogP contribution in [0.4, 0.5) is 0 Å². The molecule has 3 N–H and O–H groups in total. The van der Waals surface area contributed by atoms with Crippen molar-refractivity contribution in [3.05, 3.63) is 105 Å². The maximum absolute atomic E-state index is 13.6. The summed E-state index contributed by atoms with van der Waals surface area (Å²) in [4.78, 5) is 39.3. The van der Waals surface area contributed by atoms with Gasteiger partial charge in [0.15, 0.2) is 6.10 Å². The molecule has 0 saturated carbocycles. The average molecular weight is 1240 g/mol. The van der Waals surface area contributed by atoms with Crippen LogP contribution in [0.2, 0.25) is 0 Å². The summed E-state index contributed by atoms with van der Waals surface area (Å²) in [5.74, 6) is -0.462. The highest BCUT2D eigenvalue weighted by Crippen LogP contribution is 2.44. The third kappa shape index (κ3) is 34.7. The monoisotopic (exact) mass is 1240 g/mol. The van der Waals surface area contributed by atoms with E-state index in [0.29, 0.717) is 24.6 Å². The van der Waals surface area contributed by atoms with Crippen molar-refractivity contribution < 1.29 is 37.6 Å². The third-order valence-corrected chi connectivity index (χ3v) is 19.6. The number of unbranched alkanes of at least 4 members (excludes halogenated alkanes) is 24. The minimum absolute atomic E-state index is 0.133. The second kappa shape index (κ2) is 45.6. The number of rotatable bonds is 49. The molecule has 0 saturated heterocycles. The number of allylic oxidation sites excluding steroid dienone is 15. The molecule has 3 unspecified atom stereocenters. The fraction of sp³-hybridized carbons (Fsp3) is 0.740. The lowest BCUT2D eigenvalue weighted by atomic mass is 9.72. The van der Waals surface area contributed by atoms with Crippen molar-refractivity contribution in [1.29, 1.82) is 0 Å². The number of nitrogens with two attached hydrogens (primary N) is 1. The van der Waals surface area contributed by atoms with E-state index in [1.54, 1.807) is 0 Å². The zero-order valence-electron chi connectivity index (χ0n) is 58.3. The Bertz CT molecular complexity index is 2340. The molecular weight excluding hydrogens is 1110 g/mol. The summed E-state index contributed by atoms with van der Waals surface area (Å²) in [5, 5.41) is 0. The van der Waals surface area contributed by atoms with Crippen LogP contribution in [-0.2, 0) is 32.7 Å². The van der Waals surface area contributed by atoms with Gasteiger partial charge < -0.3 is 25.0 Å². The lowest BCUT2D eigenvalue weighted by molar-refractivity contribution is -0.161. The molecule has 0 amide bonds. The van der Waals surface area contributed by atoms with Gasteiger partial charge in [0.05, 0.1) is 24.6 Å². The molecule has 0 aromatic heterocycles. The van der Waals surface area contributed by atoms with Gasteiger partial charge in [0.1, 0.15) is 6.61 Å². The molecule has 0 bridgehead atoms. The van der Waals surface area contributed by atoms with E-state index in [1.807, 2.05) is 0 Å². The summed E-state index contributed by atoms with van der Waals surface area (Å²) >= 11 is 0. The first-order chi connectivity index (χ1) is 42.2. The van der Waals surface area contributed by atoms with Crippen molar-refractivity contribution in [3.8, 4) is 0 Å². The zero-order valence-corrected chi connectivity index (χ0v) is 59.2. The third-order valence-electron chi connectivity index (χ3n) is 18.6. The Kier molecular flexibility index (Phi) is 40.7. The van der Waals surface area contributed by atoms with E-state index in [4.69, 9.17) is 24.3 Å². The van der Waals surface area contributed by atoms with Crippen LogP contribution in [0.5, 0.6) is 0 Å². The van der Waals surface area contributed by atoms with Gasteiger partial charge in [0.2, 0.25) is 0 Å². The van der Waals surface area contributed by atoms with Crippen LogP contribution in [0.25, 0.3) is 0 Å². The molecule has 10 nitrogen and oxygen atoms in total. The quantitative estimate of drug-likeness (QED) is 0.0262. The Morgan fingerprint density at radius 3 is 1.67 bits per heavy atom. The van der Waals surface area contributed by atoms with E-state index >= 15 is 0 Å². The first-order valence-corrected chi connectivity index (χ1v) is 37.4. The first kappa shape index (κ1) is 78.6. The molecule has 88 heavy (non-hydrogen) atoms. The van der Waals surface area contributed by atoms with Gasteiger partial charge in [-0.05, 0) is 143 Å². The number of esters is 2. The molecule has 1 heterocycles. The zero-order chi connectivity index (χ0) is 64.5. The lowest BCUT2D eigenvalue weighted by Gasteiger charge is -2.33. The van der Waals surface area contributed by atoms with Gasteiger partial charge in [-0.1, -0.05) is 268 Å². The molecule has 0 radical (unpaired) electrons. The van der Waals surface area contributed by atoms with Crippen molar-refractivity contribution in [2.24, 2.45) is 22.5 Å². The molecule has 0 fully saturated rings.